The molecule has 0 bridgehead atoms. The summed E-state index contributed by atoms with van der Waals surface area (Å²) >= 11 is 0. The molecule has 0 aliphatic carbocycles. The molecule has 0 saturated heterocycles. The van der Waals surface area contributed by atoms with Crippen molar-refractivity contribution < 1.29 is 9.15 Å². The molecule has 0 saturated carbocycles. The van der Waals surface area contributed by atoms with Crippen LogP contribution in [0.15, 0.2) is 126 Å². The summed E-state index contributed by atoms with van der Waals surface area (Å²) in [4.78, 5) is 5.60. The van der Waals surface area contributed by atoms with E-state index in [4.69, 9.17) is 14.1 Å². The minimum atomic E-state index is -0.540. The first-order valence-corrected chi connectivity index (χ1v) is 19.7. The number of hydrogen-bond acceptors (Lipinski definition) is 3. The van der Waals surface area contributed by atoms with Crippen LogP contribution in [-0.4, -0.2) is 9.55 Å². The number of para-hydroxylation sites is 1. The first kappa shape index (κ1) is 33.8. The molecule has 55 heavy (non-hydrogen) atoms. The van der Waals surface area contributed by atoms with Gasteiger partial charge in [0.05, 0.1) is 33.5 Å². The minimum absolute atomic E-state index is 0.239. The topological polar surface area (TPSA) is 40.2 Å². The van der Waals surface area contributed by atoms with E-state index in [9.17, 15) is 0 Å². The maximum Gasteiger partial charge on any atom is 0.149 e. The summed E-state index contributed by atoms with van der Waals surface area (Å²) in [6.45, 7) is 18.0. The average molecular weight is 719 g/mol. The fraction of sp³-hybridized carbons (Fsp3) is 0.235. The molecular weight excluding hydrogens is 673 g/mol. The Morgan fingerprint density at radius 2 is 1.27 bits per heavy atom. The standard InChI is InChI=1S/C51H46N2O2/c1-29(2)38-26-34(31-15-10-9-11-16-31)27-39(30(3)4)46(38)53-47-43(24-23-42-45(47)51(7,8)55-50(42,5)6)52-49(53)37-20-14-19-36-41-25-33-22-21-32-17-12-13-18-35(32)40(33)28-44(41)54-48(36)37/h9-30H,1-8H3. The normalized spacial score (nSPS) is 15.1. The molecule has 0 unspecified atom stereocenters. The Hall–Kier alpha value is -5.71. The Kier molecular flexibility index (Phi) is 7.32. The molecule has 0 radical (unpaired) electrons. The largest absolute Gasteiger partial charge is 0.455 e. The smallest absolute Gasteiger partial charge is 0.149 e. The molecule has 4 nitrogen and oxygen atoms in total. The van der Waals surface area contributed by atoms with Crippen molar-refractivity contribution in [2.24, 2.45) is 0 Å². The van der Waals surface area contributed by atoms with Crippen molar-refractivity contribution in [2.75, 3.05) is 0 Å². The highest BCUT2D eigenvalue weighted by Gasteiger charge is 2.45. The number of nitrogens with zero attached hydrogens (tertiary/aromatic N) is 2. The van der Waals surface area contributed by atoms with Gasteiger partial charge in [-0.25, -0.2) is 4.98 Å². The lowest BCUT2D eigenvalue weighted by Crippen LogP contribution is -2.22. The van der Waals surface area contributed by atoms with E-state index in [0.717, 1.165) is 44.4 Å². The molecule has 3 heterocycles. The molecule has 1 aliphatic heterocycles. The Morgan fingerprint density at radius 3 is 2.02 bits per heavy atom. The van der Waals surface area contributed by atoms with Gasteiger partial charge in [-0.2, -0.15) is 0 Å². The van der Waals surface area contributed by atoms with E-state index in [1.54, 1.807) is 0 Å². The van der Waals surface area contributed by atoms with Crippen LogP contribution in [-0.2, 0) is 15.9 Å². The molecule has 1 aliphatic rings. The Bertz CT molecular complexity index is 2980. The van der Waals surface area contributed by atoms with Gasteiger partial charge in [0.15, 0.2) is 0 Å². The van der Waals surface area contributed by atoms with E-state index >= 15 is 0 Å². The first-order valence-electron chi connectivity index (χ1n) is 19.7. The second-order valence-corrected chi connectivity index (χ2v) is 17.1. The summed E-state index contributed by atoms with van der Waals surface area (Å²) in [5.41, 5.74) is 12.4. The second-order valence-electron chi connectivity index (χ2n) is 17.1. The van der Waals surface area contributed by atoms with E-state index in [1.807, 2.05) is 0 Å². The van der Waals surface area contributed by atoms with Crippen LogP contribution >= 0.6 is 0 Å². The number of benzene rings is 7. The van der Waals surface area contributed by atoms with E-state index in [0.29, 0.717) is 0 Å². The third-order valence-electron chi connectivity index (χ3n) is 11.9. The molecule has 0 amide bonds. The van der Waals surface area contributed by atoms with E-state index in [2.05, 4.69) is 181 Å². The number of ether oxygens (including phenoxy) is 1. The summed E-state index contributed by atoms with van der Waals surface area (Å²) in [6.07, 6.45) is 0. The lowest BCUT2D eigenvalue weighted by atomic mass is 9.87. The summed E-state index contributed by atoms with van der Waals surface area (Å²) in [5, 5.41) is 7.05. The summed E-state index contributed by atoms with van der Waals surface area (Å²) < 4.78 is 16.4. The van der Waals surface area contributed by atoms with Crippen LogP contribution < -0.4 is 0 Å². The Balaban J connectivity index is 1.34. The number of hydrogen-bond donors (Lipinski definition) is 0. The van der Waals surface area contributed by atoms with Crippen molar-refractivity contribution in [3.8, 4) is 28.2 Å². The third kappa shape index (κ3) is 5.04. The lowest BCUT2D eigenvalue weighted by molar-refractivity contribution is -0.104. The van der Waals surface area contributed by atoms with Crippen molar-refractivity contribution in [2.45, 2.75) is 78.4 Å². The highest BCUT2D eigenvalue weighted by molar-refractivity contribution is 6.17. The Morgan fingerprint density at radius 1 is 0.582 bits per heavy atom. The van der Waals surface area contributed by atoms with Gasteiger partial charge in [0.2, 0.25) is 0 Å². The van der Waals surface area contributed by atoms with Crippen LogP contribution in [0.25, 0.3) is 82.7 Å². The zero-order valence-electron chi connectivity index (χ0n) is 32.9. The average Bonchev–Trinajstić information content (AvgIpc) is 3.79. The highest BCUT2D eigenvalue weighted by Crippen LogP contribution is 2.52. The third-order valence-corrected chi connectivity index (χ3v) is 11.9. The molecule has 2 aromatic heterocycles. The zero-order valence-corrected chi connectivity index (χ0v) is 32.9. The van der Waals surface area contributed by atoms with Crippen LogP contribution in [0.1, 0.15) is 89.5 Å². The second kappa shape index (κ2) is 11.9. The number of fused-ring (bicyclic) bond motifs is 9. The van der Waals surface area contributed by atoms with Crippen LogP contribution in [0, 0.1) is 0 Å². The monoisotopic (exact) mass is 718 g/mol. The molecule has 0 N–H and O–H groups in total. The predicted octanol–water partition coefficient (Wildman–Crippen LogP) is 14.3. The number of furan rings is 1. The zero-order chi connectivity index (χ0) is 38.0. The van der Waals surface area contributed by atoms with Crippen molar-refractivity contribution in [3.05, 3.63) is 144 Å². The van der Waals surface area contributed by atoms with Crippen molar-refractivity contribution >= 4 is 54.5 Å². The van der Waals surface area contributed by atoms with E-state index in [-0.39, 0.29) is 11.8 Å². The maximum atomic E-state index is 7.00. The van der Waals surface area contributed by atoms with Crippen LogP contribution in [0.2, 0.25) is 0 Å². The van der Waals surface area contributed by atoms with Gasteiger partial charge in [0, 0.05) is 16.3 Å². The molecule has 0 spiro atoms. The van der Waals surface area contributed by atoms with Gasteiger partial charge in [-0.1, -0.05) is 113 Å². The number of aromatic nitrogens is 2. The maximum absolute atomic E-state index is 7.00. The quantitative estimate of drug-likeness (QED) is 0.166. The van der Waals surface area contributed by atoms with Crippen molar-refractivity contribution in [1.29, 1.82) is 0 Å². The van der Waals surface area contributed by atoms with Gasteiger partial charge >= 0.3 is 0 Å². The van der Waals surface area contributed by atoms with Crippen molar-refractivity contribution in [3.63, 3.8) is 0 Å². The summed E-state index contributed by atoms with van der Waals surface area (Å²) in [5.74, 6) is 1.35. The summed E-state index contributed by atoms with van der Waals surface area (Å²) in [7, 11) is 0. The molecule has 0 fully saturated rings. The minimum Gasteiger partial charge on any atom is -0.455 e. The van der Waals surface area contributed by atoms with Crippen molar-refractivity contribution in [1.82, 2.24) is 9.55 Å². The van der Waals surface area contributed by atoms with Gasteiger partial charge in [0.25, 0.3) is 0 Å². The fourth-order valence-electron chi connectivity index (χ4n) is 9.51. The van der Waals surface area contributed by atoms with Crippen LogP contribution in [0.3, 0.4) is 0 Å². The van der Waals surface area contributed by atoms with Gasteiger partial charge in [-0.3, -0.25) is 4.57 Å². The van der Waals surface area contributed by atoms with E-state index in [1.165, 1.54) is 60.6 Å². The fourth-order valence-corrected chi connectivity index (χ4v) is 9.51. The highest BCUT2D eigenvalue weighted by atomic mass is 16.5. The first-order chi connectivity index (χ1) is 26.4. The molecule has 272 valence electrons. The predicted molar refractivity (Wildman–Crippen MR) is 230 cm³/mol. The van der Waals surface area contributed by atoms with Crippen LogP contribution in [0.5, 0.6) is 0 Å². The molecule has 7 aromatic carbocycles. The molecular formula is C51H46N2O2. The van der Waals surface area contributed by atoms with Gasteiger partial charge < -0.3 is 9.15 Å². The number of rotatable bonds is 5. The van der Waals surface area contributed by atoms with Gasteiger partial charge in [0.1, 0.15) is 17.0 Å². The molecule has 10 rings (SSSR count). The van der Waals surface area contributed by atoms with Gasteiger partial charge in [-0.05, 0) is 125 Å². The number of imidazole rings is 1. The summed E-state index contributed by atoms with van der Waals surface area (Å²) in [6, 6.07) is 44.1. The molecule has 0 atom stereocenters. The SMILES string of the molecule is CC(C)c1cc(-c2ccccc2)cc(C(C)C)c1-n1c(-c2cccc3c2oc2cc4c(ccc5ccccc54)cc23)nc2ccc3c(c21)C(C)(C)OC3(C)C. The van der Waals surface area contributed by atoms with Crippen LogP contribution in [0.4, 0.5) is 0 Å². The van der Waals surface area contributed by atoms with Gasteiger partial charge in [-0.15, -0.1) is 0 Å². The van der Waals surface area contributed by atoms with E-state index < -0.39 is 11.2 Å². The lowest BCUT2D eigenvalue weighted by Gasteiger charge is -2.27. The molecule has 9 aromatic rings. The molecule has 4 heteroatoms. The Labute approximate surface area is 322 Å².